The number of hydrogen-bond acceptors (Lipinski definition) is 5. The van der Waals surface area contributed by atoms with Gasteiger partial charge in [0.2, 0.25) is 0 Å². The summed E-state index contributed by atoms with van der Waals surface area (Å²) in [4.78, 5) is 5.60. The van der Waals surface area contributed by atoms with E-state index in [0.717, 1.165) is 27.5 Å². The van der Waals surface area contributed by atoms with Gasteiger partial charge in [-0.25, -0.2) is 4.98 Å². The lowest BCUT2D eigenvalue weighted by atomic mass is 10.0. The van der Waals surface area contributed by atoms with Gasteiger partial charge >= 0.3 is 0 Å². The zero-order chi connectivity index (χ0) is 14.8. The molecule has 6 heteroatoms. The van der Waals surface area contributed by atoms with Crippen molar-refractivity contribution in [2.45, 2.75) is 19.4 Å². The van der Waals surface area contributed by atoms with Crippen molar-refractivity contribution >= 4 is 16.3 Å². The Kier molecular flexibility index (Phi) is 3.92. The van der Waals surface area contributed by atoms with E-state index in [1.165, 1.54) is 0 Å². The van der Waals surface area contributed by atoms with E-state index in [0.29, 0.717) is 6.42 Å². The molecule has 110 valence electrons. The molecular formula is C15H18N4OS. The Bertz CT molecular complexity index is 721. The van der Waals surface area contributed by atoms with Gasteiger partial charge in [-0.05, 0) is 18.6 Å². The molecule has 3 rings (SSSR count). The molecule has 1 unspecified atom stereocenters. The first-order chi connectivity index (χ1) is 10.2. The Morgan fingerprint density at radius 2 is 2.33 bits per heavy atom. The van der Waals surface area contributed by atoms with Crippen LogP contribution in [0.25, 0.3) is 4.96 Å². The smallest absolute Gasteiger partial charge is 0.193 e. The summed E-state index contributed by atoms with van der Waals surface area (Å²) in [5.41, 5.74) is 6.08. The molecule has 2 heterocycles. The minimum atomic E-state index is -0.0369. The van der Waals surface area contributed by atoms with E-state index in [2.05, 4.69) is 22.5 Å². The highest BCUT2D eigenvalue weighted by Gasteiger charge is 2.17. The number of hydrazine groups is 1. The highest BCUT2D eigenvalue weighted by atomic mass is 32.1. The zero-order valence-electron chi connectivity index (χ0n) is 12.0. The molecule has 0 aliphatic heterocycles. The number of rotatable bonds is 5. The van der Waals surface area contributed by atoms with Crippen LogP contribution in [0.5, 0.6) is 5.75 Å². The van der Waals surface area contributed by atoms with Crippen molar-refractivity contribution in [2.75, 3.05) is 7.11 Å². The summed E-state index contributed by atoms with van der Waals surface area (Å²) in [7, 11) is 1.68. The fourth-order valence-corrected chi connectivity index (χ4v) is 3.17. The van der Waals surface area contributed by atoms with Gasteiger partial charge in [-0.2, -0.15) is 0 Å². The highest BCUT2D eigenvalue weighted by molar-refractivity contribution is 7.15. The van der Waals surface area contributed by atoms with Gasteiger partial charge < -0.3 is 4.74 Å². The van der Waals surface area contributed by atoms with Crippen molar-refractivity contribution in [3.05, 3.63) is 52.8 Å². The van der Waals surface area contributed by atoms with E-state index in [1.54, 1.807) is 18.4 Å². The summed E-state index contributed by atoms with van der Waals surface area (Å²) in [5.74, 6) is 6.59. The van der Waals surface area contributed by atoms with Gasteiger partial charge in [-0.3, -0.25) is 15.7 Å². The van der Waals surface area contributed by atoms with Crippen LogP contribution in [-0.2, 0) is 6.42 Å². The summed E-state index contributed by atoms with van der Waals surface area (Å²) in [6.45, 7) is 2.04. The van der Waals surface area contributed by atoms with Crippen molar-refractivity contribution in [3.8, 4) is 5.75 Å². The number of aromatic nitrogens is 2. The van der Waals surface area contributed by atoms with Crippen LogP contribution in [0.4, 0.5) is 0 Å². The molecule has 2 aromatic heterocycles. The minimum Gasteiger partial charge on any atom is -0.496 e. The van der Waals surface area contributed by atoms with E-state index in [1.807, 2.05) is 35.2 Å². The van der Waals surface area contributed by atoms with Gasteiger partial charge in [-0.1, -0.05) is 12.1 Å². The van der Waals surface area contributed by atoms with Gasteiger partial charge in [0.15, 0.2) is 4.96 Å². The van der Waals surface area contributed by atoms with Crippen molar-refractivity contribution < 1.29 is 4.74 Å². The molecule has 0 saturated carbocycles. The molecule has 0 aliphatic carbocycles. The number of thiazole rings is 1. The molecule has 0 radical (unpaired) electrons. The molecule has 5 nitrogen and oxygen atoms in total. The molecule has 0 spiro atoms. The van der Waals surface area contributed by atoms with Gasteiger partial charge in [0.1, 0.15) is 5.75 Å². The van der Waals surface area contributed by atoms with Crippen molar-refractivity contribution in [3.63, 3.8) is 0 Å². The van der Waals surface area contributed by atoms with Crippen LogP contribution in [0.2, 0.25) is 0 Å². The van der Waals surface area contributed by atoms with Crippen LogP contribution < -0.4 is 16.0 Å². The summed E-state index contributed by atoms with van der Waals surface area (Å²) >= 11 is 1.62. The summed E-state index contributed by atoms with van der Waals surface area (Å²) in [6, 6.07) is 6.10. The van der Waals surface area contributed by atoms with E-state index in [9.17, 15) is 0 Å². The van der Waals surface area contributed by atoms with Crippen LogP contribution in [0, 0.1) is 6.92 Å². The van der Waals surface area contributed by atoms with Crippen LogP contribution in [-0.4, -0.2) is 16.5 Å². The Balaban J connectivity index is 1.89. The molecule has 0 amide bonds. The molecule has 1 atom stereocenters. The molecule has 0 aliphatic rings. The monoisotopic (exact) mass is 302 g/mol. The highest BCUT2D eigenvalue weighted by Crippen LogP contribution is 2.28. The molecule has 21 heavy (non-hydrogen) atoms. The average Bonchev–Trinajstić information content (AvgIpc) is 3.06. The van der Waals surface area contributed by atoms with Gasteiger partial charge in [-0.15, -0.1) is 11.3 Å². The van der Waals surface area contributed by atoms with E-state index >= 15 is 0 Å². The summed E-state index contributed by atoms with van der Waals surface area (Å²) < 4.78 is 7.50. The largest absolute Gasteiger partial charge is 0.496 e. The molecular weight excluding hydrogens is 284 g/mol. The Morgan fingerprint density at radius 1 is 1.48 bits per heavy atom. The molecule has 0 bridgehead atoms. The first kappa shape index (κ1) is 14.1. The number of hydrogen-bond donors (Lipinski definition) is 2. The molecule has 3 N–H and O–H groups in total. The fraction of sp³-hybridized carbons (Fsp3) is 0.267. The van der Waals surface area contributed by atoms with Crippen LogP contribution >= 0.6 is 11.3 Å². The van der Waals surface area contributed by atoms with Gasteiger partial charge in [0.25, 0.3) is 0 Å². The number of fused-ring (bicyclic) bond motifs is 1. The van der Waals surface area contributed by atoms with Crippen molar-refractivity contribution in [1.29, 1.82) is 0 Å². The van der Waals surface area contributed by atoms with Crippen molar-refractivity contribution in [1.82, 2.24) is 14.8 Å². The quantitative estimate of drug-likeness (QED) is 0.561. The molecule has 1 aromatic carbocycles. The number of imidazole rings is 1. The van der Waals surface area contributed by atoms with Gasteiger partial charge in [0, 0.05) is 29.8 Å². The number of nitrogens with two attached hydrogens (primary N) is 1. The Morgan fingerprint density at radius 3 is 3.05 bits per heavy atom. The topological polar surface area (TPSA) is 64.6 Å². The van der Waals surface area contributed by atoms with Crippen LogP contribution in [0.15, 0.2) is 36.0 Å². The second-order valence-electron chi connectivity index (χ2n) is 4.99. The maximum Gasteiger partial charge on any atom is 0.193 e. The summed E-state index contributed by atoms with van der Waals surface area (Å²) in [5, 5.41) is 2.02. The lowest BCUT2D eigenvalue weighted by Crippen LogP contribution is -2.30. The first-order valence-corrected chi connectivity index (χ1v) is 7.61. The number of aryl methyl sites for hydroxylation is 1. The van der Waals surface area contributed by atoms with Gasteiger partial charge in [0.05, 0.1) is 18.8 Å². The number of methoxy groups -OCH3 is 1. The van der Waals surface area contributed by atoms with E-state index in [4.69, 9.17) is 10.6 Å². The first-order valence-electron chi connectivity index (χ1n) is 6.73. The second kappa shape index (κ2) is 5.85. The van der Waals surface area contributed by atoms with Crippen molar-refractivity contribution in [2.24, 2.45) is 5.84 Å². The standard InChI is InChI=1S/C15H18N4OS/c1-10-3-4-12(14(7-10)20-2)13(18-16)8-11-9-19-5-6-21-15(19)17-11/h3-7,9,13,18H,8,16H2,1-2H3. The SMILES string of the molecule is COc1cc(C)ccc1C(Cc1cn2ccsc2n1)NN. The maximum absolute atomic E-state index is 5.75. The van der Waals surface area contributed by atoms with Crippen LogP contribution in [0.1, 0.15) is 22.9 Å². The molecule has 3 aromatic rings. The minimum absolute atomic E-state index is 0.0369. The molecule has 0 fully saturated rings. The molecule has 0 saturated heterocycles. The lowest BCUT2D eigenvalue weighted by molar-refractivity contribution is 0.398. The number of nitrogens with one attached hydrogen (secondary N) is 1. The van der Waals surface area contributed by atoms with E-state index in [-0.39, 0.29) is 6.04 Å². The lowest BCUT2D eigenvalue weighted by Gasteiger charge is -2.18. The van der Waals surface area contributed by atoms with Crippen LogP contribution in [0.3, 0.4) is 0 Å². The summed E-state index contributed by atoms with van der Waals surface area (Å²) in [6.07, 6.45) is 4.76. The normalized spacial score (nSPS) is 12.7. The Labute approximate surface area is 127 Å². The third-order valence-electron chi connectivity index (χ3n) is 3.52. The fourth-order valence-electron chi connectivity index (χ4n) is 2.45. The second-order valence-corrected chi connectivity index (χ2v) is 5.87. The number of ether oxygens (including phenoxy) is 1. The predicted molar refractivity (Wildman–Crippen MR) is 84.6 cm³/mol. The number of benzene rings is 1. The zero-order valence-corrected chi connectivity index (χ0v) is 12.9. The van der Waals surface area contributed by atoms with E-state index < -0.39 is 0 Å². The predicted octanol–water partition coefficient (Wildman–Crippen LogP) is 2.46. The number of nitrogens with zero attached hydrogens (tertiary/aromatic N) is 2. The maximum atomic E-state index is 5.75. The third kappa shape index (κ3) is 2.78. The Hall–Kier alpha value is -1.89. The average molecular weight is 302 g/mol. The third-order valence-corrected chi connectivity index (χ3v) is 4.29.